The minimum atomic E-state index is -0.817. The second kappa shape index (κ2) is 10.3. The first-order valence-corrected chi connectivity index (χ1v) is 12.7. The second-order valence-corrected chi connectivity index (χ2v) is 10.4. The molecule has 2 fully saturated rings. The average Bonchev–Trinajstić information content (AvgIpc) is 2.85. The van der Waals surface area contributed by atoms with Crippen molar-refractivity contribution in [3.8, 4) is 0 Å². The third-order valence-electron chi connectivity index (χ3n) is 5.66. The summed E-state index contributed by atoms with van der Waals surface area (Å²) in [4.78, 5) is 0. The van der Waals surface area contributed by atoms with Crippen molar-refractivity contribution in [2.75, 3.05) is 6.61 Å². The number of hydrogen-bond donors (Lipinski definition) is 1. The van der Waals surface area contributed by atoms with Gasteiger partial charge in [0.25, 0.3) is 0 Å². The van der Waals surface area contributed by atoms with Gasteiger partial charge in [0.2, 0.25) is 0 Å². The van der Waals surface area contributed by atoms with E-state index in [4.69, 9.17) is 18.9 Å². The summed E-state index contributed by atoms with van der Waals surface area (Å²) in [6.45, 7) is 0.775. The Labute approximate surface area is 194 Å². The van der Waals surface area contributed by atoms with Crippen LogP contribution in [0.3, 0.4) is 0 Å². The molecule has 0 radical (unpaired) electrons. The summed E-state index contributed by atoms with van der Waals surface area (Å²) in [6.07, 6.45) is -2.69. The van der Waals surface area contributed by atoms with Gasteiger partial charge in [-0.15, -0.1) is 0 Å². The van der Waals surface area contributed by atoms with Crippen LogP contribution < -0.4 is 4.46 Å². The monoisotopic (exact) mass is 498 g/mol. The van der Waals surface area contributed by atoms with Gasteiger partial charge in [-0.25, -0.2) is 0 Å². The molecule has 0 amide bonds. The summed E-state index contributed by atoms with van der Waals surface area (Å²) < 4.78 is 26.1. The Morgan fingerprint density at radius 2 is 1.50 bits per heavy atom. The molecule has 2 aliphatic rings. The number of aliphatic hydroxyl groups excluding tert-OH is 1. The summed E-state index contributed by atoms with van der Waals surface area (Å²) in [5, 5.41) is 11.1. The van der Waals surface area contributed by atoms with Crippen LogP contribution in [0.5, 0.6) is 0 Å². The van der Waals surface area contributed by atoms with Gasteiger partial charge < -0.3 is 0 Å². The molecule has 166 valence electrons. The van der Waals surface area contributed by atoms with Crippen molar-refractivity contribution in [2.24, 2.45) is 0 Å². The molecule has 3 aromatic rings. The zero-order valence-electron chi connectivity index (χ0n) is 17.5. The number of aliphatic hydroxyl groups is 1. The molecule has 5 nitrogen and oxygen atoms in total. The van der Waals surface area contributed by atoms with Crippen LogP contribution in [-0.4, -0.2) is 56.1 Å². The van der Waals surface area contributed by atoms with E-state index in [1.54, 1.807) is 0 Å². The summed E-state index contributed by atoms with van der Waals surface area (Å²) >= 11 is -0.0369. The van der Waals surface area contributed by atoms with Crippen molar-refractivity contribution in [3.63, 3.8) is 0 Å². The Hall–Kier alpha value is -2.02. The van der Waals surface area contributed by atoms with Crippen LogP contribution in [0, 0.1) is 0 Å². The maximum absolute atomic E-state index is 11.4. The number of hydrogen-bond acceptors (Lipinski definition) is 5. The molecule has 2 saturated heterocycles. The summed E-state index contributed by atoms with van der Waals surface area (Å²) in [5.74, 6) is 0. The Kier molecular flexibility index (Phi) is 7.00. The van der Waals surface area contributed by atoms with E-state index < -0.39 is 24.6 Å². The van der Waals surface area contributed by atoms with Crippen molar-refractivity contribution < 1.29 is 24.1 Å². The minimum absolute atomic E-state index is 0.0369. The molecule has 0 spiro atoms. The van der Waals surface area contributed by atoms with Gasteiger partial charge in [0.15, 0.2) is 0 Å². The van der Waals surface area contributed by atoms with Crippen molar-refractivity contribution in [3.05, 3.63) is 102 Å². The first-order valence-electron chi connectivity index (χ1n) is 10.8. The molecule has 32 heavy (non-hydrogen) atoms. The van der Waals surface area contributed by atoms with Gasteiger partial charge >= 0.3 is 195 Å². The molecule has 0 saturated carbocycles. The van der Waals surface area contributed by atoms with Gasteiger partial charge in [-0.05, 0) is 0 Å². The molecule has 0 aromatic heterocycles. The number of fused-ring (bicyclic) bond motifs is 1. The normalized spacial score (nSPS) is 29.9. The van der Waals surface area contributed by atoms with Crippen molar-refractivity contribution in [1.82, 2.24) is 0 Å². The topological polar surface area (TPSA) is 57.2 Å². The predicted molar refractivity (Wildman–Crippen MR) is 122 cm³/mol. The van der Waals surface area contributed by atoms with Gasteiger partial charge in [0.1, 0.15) is 0 Å². The van der Waals surface area contributed by atoms with Crippen LogP contribution in [-0.2, 0) is 25.6 Å². The molecule has 2 heterocycles. The van der Waals surface area contributed by atoms with Crippen molar-refractivity contribution in [2.45, 2.75) is 42.3 Å². The fourth-order valence-electron chi connectivity index (χ4n) is 4.02. The Morgan fingerprint density at radius 1 is 0.844 bits per heavy atom. The summed E-state index contributed by atoms with van der Waals surface area (Å²) in [6, 6.07) is 30.0. The third-order valence-corrected chi connectivity index (χ3v) is 8.09. The molecule has 0 bridgehead atoms. The maximum atomic E-state index is 11.4. The van der Waals surface area contributed by atoms with E-state index in [2.05, 4.69) is 12.1 Å². The van der Waals surface area contributed by atoms with Gasteiger partial charge in [0, 0.05) is 0 Å². The second-order valence-electron chi connectivity index (χ2n) is 7.90. The van der Waals surface area contributed by atoms with Crippen LogP contribution in [0.2, 0.25) is 0 Å². The SMILES string of the molecule is O[C@@H]1[C@@H](OCc2ccccc2)[C@H]([Se]c2ccccc2)O[C@@H]2CO[C@@H](c3ccccc3)O[C@@H]12. The van der Waals surface area contributed by atoms with Crippen LogP contribution >= 0.6 is 0 Å². The molecule has 1 N–H and O–H groups in total. The van der Waals surface area contributed by atoms with Crippen LogP contribution in [0.25, 0.3) is 0 Å². The zero-order chi connectivity index (χ0) is 21.8. The fourth-order valence-corrected chi connectivity index (χ4v) is 6.44. The fraction of sp³-hybridized carbons (Fsp3) is 0.308. The first-order chi connectivity index (χ1) is 15.8. The molecule has 6 atom stereocenters. The summed E-state index contributed by atoms with van der Waals surface area (Å²) in [5.41, 5.74) is 1.98. The third kappa shape index (κ3) is 4.98. The first kappa shape index (κ1) is 21.8. The van der Waals surface area contributed by atoms with E-state index in [0.717, 1.165) is 11.1 Å². The number of rotatable bonds is 6. The van der Waals surface area contributed by atoms with Gasteiger partial charge in [-0.2, -0.15) is 0 Å². The zero-order valence-corrected chi connectivity index (χ0v) is 19.2. The van der Waals surface area contributed by atoms with Crippen LogP contribution in [0.1, 0.15) is 17.4 Å². The molecule has 2 aliphatic heterocycles. The Balaban J connectivity index is 1.35. The molecule has 6 heteroatoms. The quantitative estimate of drug-likeness (QED) is 0.531. The van der Waals surface area contributed by atoms with E-state index in [-0.39, 0.29) is 26.1 Å². The van der Waals surface area contributed by atoms with E-state index in [0.29, 0.717) is 13.2 Å². The Morgan fingerprint density at radius 3 is 2.22 bits per heavy atom. The van der Waals surface area contributed by atoms with E-state index >= 15 is 0 Å². The molecule has 3 aromatic carbocycles. The van der Waals surface area contributed by atoms with Gasteiger partial charge in [0.05, 0.1) is 0 Å². The van der Waals surface area contributed by atoms with Crippen LogP contribution in [0.4, 0.5) is 0 Å². The van der Waals surface area contributed by atoms with E-state index in [9.17, 15) is 5.11 Å². The molecule has 5 rings (SSSR count). The van der Waals surface area contributed by atoms with Gasteiger partial charge in [-0.3, -0.25) is 0 Å². The van der Waals surface area contributed by atoms with Gasteiger partial charge in [-0.1, -0.05) is 0 Å². The molecule has 0 aliphatic carbocycles. The average molecular weight is 497 g/mol. The van der Waals surface area contributed by atoms with E-state index in [1.807, 2.05) is 78.9 Å². The van der Waals surface area contributed by atoms with Crippen molar-refractivity contribution in [1.29, 1.82) is 0 Å². The molecular weight excluding hydrogens is 471 g/mol. The predicted octanol–water partition coefficient (Wildman–Crippen LogP) is 2.80. The van der Waals surface area contributed by atoms with Crippen LogP contribution in [0.15, 0.2) is 91.0 Å². The number of ether oxygens (including phenoxy) is 4. The molecular formula is C26H26O5Se. The van der Waals surface area contributed by atoms with Crippen molar-refractivity contribution >= 4 is 19.4 Å². The number of benzene rings is 3. The standard InChI is InChI=1S/C26H26O5Se/c27-22-23-21(17-29-25(31-23)19-12-6-2-7-13-19)30-26(32-20-14-8-3-9-15-20)24(22)28-16-18-10-4-1-5-11-18/h1-15,21-27H,16-17H2/t21-,22+,23-,24-,25-,26+/m1/s1. The Bertz CT molecular complexity index is 971. The molecule has 0 unspecified atom stereocenters. The van der Waals surface area contributed by atoms with E-state index in [1.165, 1.54) is 4.46 Å². The summed E-state index contributed by atoms with van der Waals surface area (Å²) in [7, 11) is 0.